The number of nitrogens with zero attached hydrogens (tertiary/aromatic N) is 4. The molecule has 0 radical (unpaired) electrons. The Hall–Kier alpha value is -2.23. The van der Waals surface area contributed by atoms with Crippen molar-refractivity contribution in [2.24, 2.45) is 0 Å². The maximum Gasteiger partial charge on any atom is 0.161 e. The van der Waals surface area contributed by atoms with Gasteiger partial charge in [0.2, 0.25) is 0 Å². The van der Waals surface area contributed by atoms with Crippen LogP contribution in [0.4, 0.5) is 0 Å². The van der Waals surface area contributed by atoms with Gasteiger partial charge in [0.05, 0.1) is 11.4 Å². The molecule has 4 heteroatoms. The fourth-order valence-corrected chi connectivity index (χ4v) is 1.80. The predicted molar refractivity (Wildman–Crippen MR) is 61.0 cm³/mol. The fraction of sp³-hybridized carbons (Fsp3) is 0.0833. The van der Waals surface area contributed by atoms with Crippen molar-refractivity contribution in [2.45, 2.75) is 6.92 Å². The minimum absolute atomic E-state index is 0.848. The molecular formula is C12H10N4. The van der Waals surface area contributed by atoms with E-state index < -0.39 is 0 Å². The van der Waals surface area contributed by atoms with E-state index in [1.165, 1.54) is 0 Å². The molecule has 0 atom stereocenters. The molecule has 78 valence electrons. The summed E-state index contributed by atoms with van der Waals surface area (Å²) in [6.45, 7) is 1.94. The lowest BCUT2D eigenvalue weighted by Crippen LogP contribution is -1.95. The standard InChI is InChI=1S/C12H10N4/c1-9-14-15-12-7-4-6-11(16(9)12)10-5-2-3-8-13-10/h2-8H,1H3. The van der Waals surface area contributed by atoms with Crippen LogP contribution in [0.25, 0.3) is 17.0 Å². The molecule has 0 saturated heterocycles. The molecule has 0 aromatic carbocycles. The van der Waals surface area contributed by atoms with Gasteiger partial charge in [-0.3, -0.25) is 9.38 Å². The van der Waals surface area contributed by atoms with E-state index in [4.69, 9.17) is 0 Å². The van der Waals surface area contributed by atoms with Crippen LogP contribution in [-0.2, 0) is 0 Å². The summed E-state index contributed by atoms with van der Waals surface area (Å²) in [6, 6.07) is 11.8. The van der Waals surface area contributed by atoms with Crippen LogP contribution in [-0.4, -0.2) is 19.6 Å². The molecule has 0 aliphatic carbocycles. The summed E-state index contributed by atoms with van der Waals surface area (Å²) in [7, 11) is 0. The van der Waals surface area contributed by atoms with Crippen molar-refractivity contribution < 1.29 is 0 Å². The normalized spacial score (nSPS) is 10.8. The Balaban J connectivity index is 2.36. The molecular weight excluding hydrogens is 200 g/mol. The molecule has 0 aliphatic heterocycles. The zero-order valence-electron chi connectivity index (χ0n) is 8.83. The van der Waals surface area contributed by atoms with E-state index in [2.05, 4.69) is 15.2 Å². The molecule has 0 saturated carbocycles. The number of pyridine rings is 2. The quantitative estimate of drug-likeness (QED) is 0.617. The third-order valence-electron chi connectivity index (χ3n) is 2.52. The number of aromatic nitrogens is 4. The van der Waals surface area contributed by atoms with Gasteiger partial charge in [-0.1, -0.05) is 12.1 Å². The molecule has 0 aliphatic rings. The van der Waals surface area contributed by atoms with Gasteiger partial charge < -0.3 is 0 Å². The molecule has 0 N–H and O–H groups in total. The SMILES string of the molecule is Cc1nnc2cccc(-c3ccccn3)n12. The highest BCUT2D eigenvalue weighted by Gasteiger charge is 2.07. The smallest absolute Gasteiger partial charge is 0.161 e. The van der Waals surface area contributed by atoms with Crippen LogP contribution in [0, 0.1) is 6.92 Å². The molecule has 3 aromatic rings. The second-order valence-electron chi connectivity index (χ2n) is 3.57. The zero-order valence-corrected chi connectivity index (χ0v) is 8.83. The Morgan fingerprint density at radius 1 is 1.00 bits per heavy atom. The van der Waals surface area contributed by atoms with Crippen molar-refractivity contribution in [1.29, 1.82) is 0 Å². The summed E-state index contributed by atoms with van der Waals surface area (Å²) < 4.78 is 2.00. The van der Waals surface area contributed by atoms with Crippen molar-refractivity contribution >= 4 is 5.65 Å². The van der Waals surface area contributed by atoms with Gasteiger partial charge in [-0.15, -0.1) is 10.2 Å². The summed E-state index contributed by atoms with van der Waals surface area (Å²) in [5.41, 5.74) is 2.79. The molecule has 16 heavy (non-hydrogen) atoms. The van der Waals surface area contributed by atoms with Crippen LogP contribution in [0.15, 0.2) is 42.6 Å². The van der Waals surface area contributed by atoms with Crippen molar-refractivity contribution in [3.8, 4) is 11.4 Å². The zero-order chi connectivity index (χ0) is 11.0. The molecule has 0 unspecified atom stereocenters. The summed E-state index contributed by atoms with van der Waals surface area (Å²) in [4.78, 5) is 4.34. The van der Waals surface area contributed by atoms with Gasteiger partial charge in [0.15, 0.2) is 5.65 Å². The van der Waals surface area contributed by atoms with E-state index in [0.29, 0.717) is 0 Å². The number of rotatable bonds is 1. The molecule has 3 aromatic heterocycles. The topological polar surface area (TPSA) is 43.1 Å². The van der Waals surface area contributed by atoms with E-state index >= 15 is 0 Å². The maximum absolute atomic E-state index is 4.34. The third kappa shape index (κ3) is 1.27. The lowest BCUT2D eigenvalue weighted by molar-refractivity contribution is 1.01. The van der Waals surface area contributed by atoms with Crippen molar-refractivity contribution in [3.05, 3.63) is 48.4 Å². The Morgan fingerprint density at radius 3 is 2.75 bits per heavy atom. The number of fused-ring (bicyclic) bond motifs is 1. The van der Waals surface area contributed by atoms with Gasteiger partial charge in [-0.2, -0.15) is 0 Å². The Kier molecular flexibility index (Phi) is 1.93. The second-order valence-corrected chi connectivity index (χ2v) is 3.57. The summed E-state index contributed by atoms with van der Waals surface area (Å²) in [5.74, 6) is 0.872. The van der Waals surface area contributed by atoms with Gasteiger partial charge >= 0.3 is 0 Å². The molecule has 0 fully saturated rings. The highest BCUT2D eigenvalue weighted by atomic mass is 15.2. The summed E-state index contributed by atoms with van der Waals surface area (Å²) in [5, 5.41) is 8.16. The molecule has 0 bridgehead atoms. The van der Waals surface area contributed by atoms with E-state index in [1.807, 2.05) is 47.7 Å². The van der Waals surface area contributed by atoms with Crippen LogP contribution in [0.5, 0.6) is 0 Å². The van der Waals surface area contributed by atoms with Gasteiger partial charge in [-0.05, 0) is 31.2 Å². The first kappa shape index (κ1) is 9.03. The largest absolute Gasteiger partial charge is 0.278 e. The summed E-state index contributed by atoms with van der Waals surface area (Å²) in [6.07, 6.45) is 1.79. The van der Waals surface area contributed by atoms with Crippen LogP contribution < -0.4 is 0 Å². The van der Waals surface area contributed by atoms with Crippen molar-refractivity contribution in [1.82, 2.24) is 19.6 Å². The van der Waals surface area contributed by atoms with Crippen LogP contribution >= 0.6 is 0 Å². The predicted octanol–water partition coefficient (Wildman–Crippen LogP) is 2.10. The molecule has 0 spiro atoms. The average molecular weight is 210 g/mol. The highest BCUT2D eigenvalue weighted by molar-refractivity contribution is 5.59. The van der Waals surface area contributed by atoms with Gasteiger partial charge in [0, 0.05) is 6.20 Å². The van der Waals surface area contributed by atoms with Gasteiger partial charge in [0.25, 0.3) is 0 Å². The van der Waals surface area contributed by atoms with Crippen LogP contribution in [0.1, 0.15) is 5.82 Å². The lowest BCUT2D eigenvalue weighted by Gasteiger charge is -2.04. The fourth-order valence-electron chi connectivity index (χ4n) is 1.80. The Morgan fingerprint density at radius 2 is 1.94 bits per heavy atom. The second kappa shape index (κ2) is 3.41. The molecule has 4 nitrogen and oxygen atoms in total. The first-order valence-electron chi connectivity index (χ1n) is 5.08. The first-order valence-corrected chi connectivity index (χ1v) is 5.08. The maximum atomic E-state index is 4.34. The average Bonchev–Trinajstić information content (AvgIpc) is 2.73. The van der Waals surface area contributed by atoms with Crippen LogP contribution in [0.3, 0.4) is 0 Å². The minimum atomic E-state index is 0.848. The summed E-state index contributed by atoms with van der Waals surface area (Å²) >= 11 is 0. The van der Waals surface area contributed by atoms with Gasteiger partial charge in [-0.25, -0.2) is 0 Å². The van der Waals surface area contributed by atoms with E-state index in [-0.39, 0.29) is 0 Å². The Labute approximate surface area is 92.6 Å². The van der Waals surface area contributed by atoms with Crippen molar-refractivity contribution in [2.75, 3.05) is 0 Å². The molecule has 3 heterocycles. The number of aryl methyl sites for hydroxylation is 1. The van der Waals surface area contributed by atoms with Gasteiger partial charge in [0.1, 0.15) is 5.82 Å². The monoisotopic (exact) mass is 210 g/mol. The number of hydrogen-bond donors (Lipinski definition) is 0. The third-order valence-corrected chi connectivity index (χ3v) is 2.52. The molecule has 3 rings (SSSR count). The lowest BCUT2D eigenvalue weighted by atomic mass is 10.2. The van der Waals surface area contributed by atoms with E-state index in [1.54, 1.807) is 6.20 Å². The molecule has 0 amide bonds. The Bertz CT molecular complexity index is 628. The highest BCUT2D eigenvalue weighted by Crippen LogP contribution is 2.18. The number of hydrogen-bond acceptors (Lipinski definition) is 3. The first-order chi connectivity index (χ1) is 7.86. The van der Waals surface area contributed by atoms with E-state index in [9.17, 15) is 0 Å². The van der Waals surface area contributed by atoms with Crippen molar-refractivity contribution in [3.63, 3.8) is 0 Å². The minimum Gasteiger partial charge on any atom is -0.278 e. The van der Waals surface area contributed by atoms with E-state index in [0.717, 1.165) is 22.9 Å². The van der Waals surface area contributed by atoms with Crippen LogP contribution in [0.2, 0.25) is 0 Å².